The Morgan fingerprint density at radius 1 is 1.33 bits per heavy atom. The lowest BCUT2D eigenvalue weighted by Crippen LogP contribution is -2.17. The molecule has 0 aliphatic heterocycles. The SMILES string of the molecule is COc1ccc(Br)cc1/C=N\NC(=O)c1cccc(F)c1. The van der Waals surface area contributed by atoms with Crippen LogP contribution >= 0.6 is 15.9 Å². The number of hydrazone groups is 1. The minimum Gasteiger partial charge on any atom is -0.496 e. The number of methoxy groups -OCH3 is 1. The molecule has 2 rings (SSSR count). The molecule has 0 atom stereocenters. The second kappa shape index (κ2) is 6.99. The van der Waals surface area contributed by atoms with Crippen LogP contribution in [-0.4, -0.2) is 19.2 Å². The van der Waals surface area contributed by atoms with Crippen molar-refractivity contribution >= 4 is 28.1 Å². The first-order valence-corrected chi connectivity index (χ1v) is 6.82. The molecule has 0 heterocycles. The molecule has 0 saturated heterocycles. The number of halogens is 2. The number of rotatable bonds is 4. The highest BCUT2D eigenvalue weighted by molar-refractivity contribution is 9.10. The molecule has 0 bridgehead atoms. The fourth-order valence-corrected chi connectivity index (χ4v) is 2.04. The van der Waals surface area contributed by atoms with Crippen LogP contribution in [0.1, 0.15) is 15.9 Å². The lowest BCUT2D eigenvalue weighted by Gasteiger charge is -2.04. The van der Waals surface area contributed by atoms with Crippen molar-refractivity contribution in [3.05, 3.63) is 63.9 Å². The van der Waals surface area contributed by atoms with Gasteiger partial charge in [-0.3, -0.25) is 4.79 Å². The lowest BCUT2D eigenvalue weighted by molar-refractivity contribution is 0.0954. The zero-order chi connectivity index (χ0) is 15.2. The standard InChI is InChI=1S/C15H12BrFN2O2/c1-21-14-6-5-12(16)7-11(14)9-18-19-15(20)10-3-2-4-13(17)8-10/h2-9H,1H3,(H,19,20)/b18-9-. The maximum Gasteiger partial charge on any atom is 0.271 e. The van der Waals surface area contributed by atoms with Gasteiger partial charge in [0.15, 0.2) is 0 Å². The molecule has 1 N–H and O–H groups in total. The average molecular weight is 351 g/mol. The third-order valence-corrected chi connectivity index (χ3v) is 3.14. The minimum absolute atomic E-state index is 0.202. The van der Waals surface area contributed by atoms with Crippen molar-refractivity contribution in [3.63, 3.8) is 0 Å². The Balaban J connectivity index is 2.09. The van der Waals surface area contributed by atoms with E-state index in [1.54, 1.807) is 19.2 Å². The zero-order valence-corrected chi connectivity index (χ0v) is 12.7. The summed E-state index contributed by atoms with van der Waals surface area (Å²) in [6, 6.07) is 10.8. The van der Waals surface area contributed by atoms with E-state index in [2.05, 4.69) is 26.5 Å². The normalized spacial score (nSPS) is 10.6. The topological polar surface area (TPSA) is 50.7 Å². The van der Waals surface area contributed by atoms with E-state index in [0.717, 1.165) is 10.5 Å². The van der Waals surface area contributed by atoms with Crippen molar-refractivity contribution in [2.45, 2.75) is 0 Å². The molecule has 0 aromatic heterocycles. The summed E-state index contributed by atoms with van der Waals surface area (Å²) in [5.41, 5.74) is 3.24. The van der Waals surface area contributed by atoms with Crippen LogP contribution in [-0.2, 0) is 0 Å². The van der Waals surface area contributed by atoms with Crippen molar-refractivity contribution in [2.24, 2.45) is 5.10 Å². The molecule has 0 saturated carbocycles. The second-order valence-electron chi connectivity index (χ2n) is 4.10. The third kappa shape index (κ3) is 4.13. The van der Waals surface area contributed by atoms with Crippen molar-refractivity contribution in [3.8, 4) is 5.75 Å². The van der Waals surface area contributed by atoms with Crippen molar-refractivity contribution in [1.29, 1.82) is 0 Å². The molecule has 0 spiro atoms. The van der Waals surface area contributed by atoms with E-state index < -0.39 is 11.7 Å². The van der Waals surface area contributed by atoms with E-state index in [1.807, 2.05) is 6.07 Å². The monoisotopic (exact) mass is 350 g/mol. The van der Waals surface area contributed by atoms with Crippen LogP contribution in [0.15, 0.2) is 52.0 Å². The van der Waals surface area contributed by atoms with E-state index in [4.69, 9.17) is 4.74 Å². The van der Waals surface area contributed by atoms with Crippen LogP contribution in [0.4, 0.5) is 4.39 Å². The maximum atomic E-state index is 13.0. The third-order valence-electron chi connectivity index (χ3n) is 2.65. The van der Waals surface area contributed by atoms with Crippen LogP contribution in [0.25, 0.3) is 0 Å². The van der Waals surface area contributed by atoms with E-state index >= 15 is 0 Å². The largest absolute Gasteiger partial charge is 0.496 e. The number of ether oxygens (including phenoxy) is 1. The number of carbonyl (C=O) groups excluding carboxylic acids is 1. The number of hydrogen-bond donors (Lipinski definition) is 1. The Morgan fingerprint density at radius 2 is 2.14 bits per heavy atom. The second-order valence-corrected chi connectivity index (χ2v) is 5.01. The number of benzene rings is 2. The average Bonchev–Trinajstić information content (AvgIpc) is 2.47. The Labute approximate surface area is 129 Å². The summed E-state index contributed by atoms with van der Waals surface area (Å²) in [6.07, 6.45) is 1.46. The first-order chi connectivity index (χ1) is 10.1. The van der Waals surface area contributed by atoms with Crippen LogP contribution in [0, 0.1) is 5.82 Å². The molecule has 0 unspecified atom stereocenters. The molecule has 0 aliphatic carbocycles. The molecule has 4 nitrogen and oxygen atoms in total. The molecule has 0 radical (unpaired) electrons. The van der Waals surface area contributed by atoms with Gasteiger partial charge in [0.1, 0.15) is 11.6 Å². The van der Waals surface area contributed by atoms with E-state index in [-0.39, 0.29) is 5.56 Å². The van der Waals surface area contributed by atoms with Crippen LogP contribution in [0.2, 0.25) is 0 Å². The van der Waals surface area contributed by atoms with Gasteiger partial charge in [0.2, 0.25) is 0 Å². The summed E-state index contributed by atoms with van der Waals surface area (Å²) in [5.74, 6) is -0.332. The number of hydrogen-bond acceptors (Lipinski definition) is 3. The first-order valence-electron chi connectivity index (χ1n) is 6.02. The predicted octanol–water partition coefficient (Wildman–Crippen LogP) is 3.36. The summed E-state index contributed by atoms with van der Waals surface area (Å²) < 4.78 is 19.1. The van der Waals surface area contributed by atoms with Gasteiger partial charge in [0.25, 0.3) is 5.91 Å². The molecule has 0 fully saturated rings. The molecular formula is C15H12BrFN2O2. The van der Waals surface area contributed by atoms with E-state index in [1.165, 1.54) is 24.4 Å². The van der Waals surface area contributed by atoms with Crippen LogP contribution in [0.3, 0.4) is 0 Å². The van der Waals surface area contributed by atoms with Gasteiger partial charge in [-0.15, -0.1) is 0 Å². The summed E-state index contributed by atoms with van der Waals surface area (Å²) in [5, 5.41) is 3.85. The summed E-state index contributed by atoms with van der Waals surface area (Å²) in [4.78, 5) is 11.8. The quantitative estimate of drug-likeness (QED) is 0.678. The van der Waals surface area contributed by atoms with Gasteiger partial charge in [-0.1, -0.05) is 22.0 Å². The number of carbonyl (C=O) groups is 1. The van der Waals surface area contributed by atoms with E-state index in [9.17, 15) is 9.18 Å². The van der Waals surface area contributed by atoms with Gasteiger partial charge >= 0.3 is 0 Å². The van der Waals surface area contributed by atoms with Crippen molar-refractivity contribution in [2.75, 3.05) is 7.11 Å². The van der Waals surface area contributed by atoms with Crippen molar-refractivity contribution < 1.29 is 13.9 Å². The first kappa shape index (κ1) is 15.2. The molecular weight excluding hydrogens is 339 g/mol. The molecule has 6 heteroatoms. The van der Waals surface area contributed by atoms with Gasteiger partial charge in [-0.2, -0.15) is 5.10 Å². The smallest absolute Gasteiger partial charge is 0.271 e. The summed E-state index contributed by atoms with van der Waals surface area (Å²) in [6.45, 7) is 0. The Bertz CT molecular complexity index is 689. The van der Waals surface area contributed by atoms with Gasteiger partial charge in [0.05, 0.1) is 13.3 Å². The van der Waals surface area contributed by atoms with Gasteiger partial charge < -0.3 is 4.74 Å². The minimum atomic E-state index is -0.486. The molecule has 21 heavy (non-hydrogen) atoms. The number of nitrogens with zero attached hydrogens (tertiary/aromatic N) is 1. The molecule has 0 aliphatic rings. The van der Waals surface area contributed by atoms with Crippen LogP contribution in [0.5, 0.6) is 5.75 Å². The fraction of sp³-hybridized carbons (Fsp3) is 0.0667. The lowest BCUT2D eigenvalue weighted by atomic mass is 10.2. The van der Waals surface area contributed by atoms with Crippen LogP contribution < -0.4 is 10.2 Å². The summed E-state index contributed by atoms with van der Waals surface area (Å²) >= 11 is 3.34. The Morgan fingerprint density at radius 3 is 2.86 bits per heavy atom. The zero-order valence-electron chi connectivity index (χ0n) is 11.1. The molecule has 1 amide bonds. The van der Waals surface area contributed by atoms with Gasteiger partial charge in [-0.25, -0.2) is 9.82 Å². The number of nitrogens with one attached hydrogen (secondary N) is 1. The Hall–Kier alpha value is -2.21. The molecule has 2 aromatic rings. The fourth-order valence-electron chi connectivity index (χ4n) is 1.66. The van der Waals surface area contributed by atoms with E-state index in [0.29, 0.717) is 11.3 Å². The Kier molecular flexibility index (Phi) is 5.05. The molecule has 108 valence electrons. The predicted molar refractivity (Wildman–Crippen MR) is 82.2 cm³/mol. The van der Waals surface area contributed by atoms with Gasteiger partial charge in [0, 0.05) is 15.6 Å². The number of amides is 1. The highest BCUT2D eigenvalue weighted by Crippen LogP contribution is 2.21. The summed E-state index contributed by atoms with van der Waals surface area (Å²) in [7, 11) is 1.55. The van der Waals surface area contributed by atoms with Crippen molar-refractivity contribution in [1.82, 2.24) is 5.43 Å². The highest BCUT2D eigenvalue weighted by Gasteiger charge is 2.05. The molecule has 2 aromatic carbocycles. The maximum absolute atomic E-state index is 13.0. The highest BCUT2D eigenvalue weighted by atomic mass is 79.9. The van der Waals surface area contributed by atoms with Gasteiger partial charge in [-0.05, 0) is 36.4 Å².